The first kappa shape index (κ1) is 25.1. The van der Waals surface area contributed by atoms with Gasteiger partial charge in [0.25, 0.3) is 5.91 Å². The summed E-state index contributed by atoms with van der Waals surface area (Å²) in [7, 11) is 0. The molecule has 6 rings (SSSR count). The van der Waals surface area contributed by atoms with Gasteiger partial charge < -0.3 is 14.2 Å². The van der Waals surface area contributed by atoms with Crippen molar-refractivity contribution in [1.29, 1.82) is 5.41 Å². The minimum atomic E-state index is -0.484. The molecule has 9 nitrogen and oxygen atoms in total. The van der Waals surface area contributed by atoms with Crippen molar-refractivity contribution in [2.24, 2.45) is 10.1 Å². The van der Waals surface area contributed by atoms with Crippen LogP contribution < -0.4 is 4.74 Å². The van der Waals surface area contributed by atoms with Crippen LogP contribution in [-0.4, -0.2) is 62.0 Å². The molecule has 0 bridgehead atoms. The fourth-order valence-electron chi connectivity index (χ4n) is 5.00. The van der Waals surface area contributed by atoms with Gasteiger partial charge in [-0.3, -0.25) is 15.0 Å². The van der Waals surface area contributed by atoms with Gasteiger partial charge in [0.15, 0.2) is 5.84 Å². The number of thioether (sulfide) groups is 1. The fourth-order valence-corrected chi connectivity index (χ4v) is 5.87. The van der Waals surface area contributed by atoms with Crippen molar-refractivity contribution in [2.75, 3.05) is 19.7 Å². The van der Waals surface area contributed by atoms with Crippen molar-refractivity contribution >= 4 is 56.6 Å². The van der Waals surface area contributed by atoms with Crippen molar-refractivity contribution < 1.29 is 14.3 Å². The van der Waals surface area contributed by atoms with E-state index < -0.39 is 5.91 Å². The Balaban J connectivity index is 1.21. The topological polar surface area (TPSA) is 103 Å². The average Bonchev–Trinajstić information content (AvgIpc) is 3.53. The van der Waals surface area contributed by atoms with Crippen LogP contribution in [0, 0.1) is 5.41 Å². The third-order valence-electron chi connectivity index (χ3n) is 6.97. The summed E-state index contributed by atoms with van der Waals surface area (Å²) in [6.07, 6.45) is 7.02. The first-order valence-corrected chi connectivity index (χ1v) is 13.9. The molecule has 39 heavy (non-hydrogen) atoms. The van der Waals surface area contributed by atoms with Gasteiger partial charge >= 0.3 is 0 Å². The highest BCUT2D eigenvalue weighted by Gasteiger charge is 2.36. The van der Waals surface area contributed by atoms with Crippen LogP contribution >= 0.6 is 11.8 Å². The van der Waals surface area contributed by atoms with Crippen molar-refractivity contribution in [2.45, 2.75) is 32.2 Å². The summed E-state index contributed by atoms with van der Waals surface area (Å²) in [4.78, 5) is 31.8. The Labute approximate surface area is 230 Å². The molecule has 3 aliphatic rings. The zero-order valence-corrected chi connectivity index (χ0v) is 22.2. The van der Waals surface area contributed by atoms with Crippen LogP contribution in [-0.2, 0) is 16.1 Å². The van der Waals surface area contributed by atoms with Crippen LogP contribution in [0.5, 0.6) is 5.75 Å². The predicted molar refractivity (Wildman–Crippen MR) is 154 cm³/mol. The third-order valence-corrected chi connectivity index (χ3v) is 7.88. The summed E-state index contributed by atoms with van der Waals surface area (Å²) in [5.41, 5.74) is 1.98. The number of piperidine rings is 1. The number of amides is 2. The fraction of sp³-hybridized carbons (Fsp3) is 0.276. The van der Waals surface area contributed by atoms with Crippen LogP contribution in [0.3, 0.4) is 0 Å². The van der Waals surface area contributed by atoms with E-state index in [1.165, 1.54) is 16.8 Å². The van der Waals surface area contributed by atoms with Crippen molar-refractivity contribution in [3.05, 3.63) is 71.9 Å². The number of hydrazone groups is 1. The van der Waals surface area contributed by atoms with Crippen LogP contribution in [0.4, 0.5) is 0 Å². The van der Waals surface area contributed by atoms with Gasteiger partial charge in [-0.1, -0.05) is 36.4 Å². The summed E-state index contributed by atoms with van der Waals surface area (Å²) in [6.45, 7) is 2.65. The number of hydrogen-bond donors (Lipinski definition) is 1. The first-order chi connectivity index (χ1) is 19.1. The zero-order chi connectivity index (χ0) is 26.8. The molecule has 2 aromatic carbocycles. The second-order valence-corrected chi connectivity index (χ2v) is 10.6. The number of likely N-dealkylation sites (tertiary alicyclic amines) is 1. The Kier molecular flexibility index (Phi) is 7.02. The van der Waals surface area contributed by atoms with Gasteiger partial charge in [0.05, 0.1) is 18.5 Å². The van der Waals surface area contributed by atoms with E-state index in [2.05, 4.69) is 14.7 Å². The molecule has 198 valence electrons. The molecular formula is C29H28N6O3S. The number of rotatable bonds is 7. The molecule has 0 saturated carbocycles. The number of fused-ring (bicyclic) bond motifs is 2. The van der Waals surface area contributed by atoms with Gasteiger partial charge in [-0.15, -0.1) is 0 Å². The second kappa shape index (κ2) is 10.9. The Hall–Kier alpha value is -4.18. The number of hydrogen-bond acceptors (Lipinski definition) is 6. The number of para-hydroxylation sites is 2. The number of aromatic nitrogens is 1. The lowest BCUT2D eigenvalue weighted by molar-refractivity contribution is -0.130. The average molecular weight is 541 g/mol. The van der Waals surface area contributed by atoms with Crippen LogP contribution in [0.15, 0.2) is 76.5 Å². The number of carbonyl (C=O) groups is 2. The monoisotopic (exact) mass is 540 g/mol. The van der Waals surface area contributed by atoms with E-state index in [1.807, 2.05) is 65.7 Å². The maximum Gasteiger partial charge on any atom is 0.283 e. The second-order valence-electron chi connectivity index (χ2n) is 9.59. The molecule has 0 unspecified atom stereocenters. The molecule has 1 saturated heterocycles. The standard InChI is InChI=1S/C29H28N6O3S/c30-27-23(28(37)31-29-35(27)32-25(39-29)18-26(36)33-13-7-2-8-14-33)17-20-19-34(24-12-6-5-11-22(20)24)15-16-38-21-9-3-1-4-10-21/h1,3-6,9-12,17,19,30H,2,7-8,13-16,18H2/b23-17-,30-27?. The minimum Gasteiger partial charge on any atom is -0.492 e. The predicted octanol–water partition coefficient (Wildman–Crippen LogP) is 4.74. The highest BCUT2D eigenvalue weighted by molar-refractivity contribution is 8.27. The molecule has 10 heteroatoms. The van der Waals surface area contributed by atoms with E-state index in [0.717, 1.165) is 54.6 Å². The molecule has 0 radical (unpaired) electrons. The molecule has 0 spiro atoms. The molecule has 2 amide bonds. The molecule has 1 N–H and O–H groups in total. The first-order valence-electron chi connectivity index (χ1n) is 13.1. The van der Waals surface area contributed by atoms with Gasteiger partial charge in [-0.25, -0.2) is 0 Å². The van der Waals surface area contributed by atoms with Crippen molar-refractivity contribution in [3.8, 4) is 5.75 Å². The molecule has 3 aliphatic heterocycles. The zero-order valence-electron chi connectivity index (χ0n) is 21.4. The number of ether oxygens (including phenoxy) is 1. The Morgan fingerprint density at radius 1 is 1.05 bits per heavy atom. The summed E-state index contributed by atoms with van der Waals surface area (Å²) in [6, 6.07) is 17.6. The van der Waals surface area contributed by atoms with Crippen LogP contribution in [0.1, 0.15) is 31.2 Å². The molecule has 4 heterocycles. The highest BCUT2D eigenvalue weighted by Crippen LogP contribution is 2.31. The lowest BCUT2D eigenvalue weighted by Gasteiger charge is -2.26. The maximum atomic E-state index is 13.0. The molecule has 0 atom stereocenters. The van der Waals surface area contributed by atoms with Crippen LogP contribution in [0.25, 0.3) is 17.0 Å². The van der Waals surface area contributed by atoms with E-state index in [0.29, 0.717) is 23.4 Å². The number of benzene rings is 2. The van der Waals surface area contributed by atoms with Crippen molar-refractivity contribution in [3.63, 3.8) is 0 Å². The summed E-state index contributed by atoms with van der Waals surface area (Å²) >= 11 is 1.19. The molecular weight excluding hydrogens is 512 g/mol. The Morgan fingerprint density at radius 2 is 1.82 bits per heavy atom. The van der Waals surface area contributed by atoms with Crippen molar-refractivity contribution in [1.82, 2.24) is 14.5 Å². The smallest absolute Gasteiger partial charge is 0.283 e. The van der Waals surface area contributed by atoms with Gasteiger partial charge in [0, 0.05) is 35.8 Å². The number of nitrogens with one attached hydrogen (secondary N) is 1. The van der Waals surface area contributed by atoms with Gasteiger partial charge in [0.2, 0.25) is 11.1 Å². The minimum absolute atomic E-state index is 0.0269. The molecule has 1 aromatic heterocycles. The number of aliphatic imine (C=N–C) groups is 1. The van der Waals surface area contributed by atoms with E-state index >= 15 is 0 Å². The number of amidine groups is 2. The quantitative estimate of drug-likeness (QED) is 0.436. The maximum absolute atomic E-state index is 13.0. The highest BCUT2D eigenvalue weighted by atomic mass is 32.2. The van der Waals surface area contributed by atoms with E-state index in [1.54, 1.807) is 6.08 Å². The number of nitrogens with zero attached hydrogens (tertiary/aromatic N) is 5. The van der Waals surface area contributed by atoms with Gasteiger partial charge in [0.1, 0.15) is 17.4 Å². The molecule has 0 aliphatic carbocycles. The van der Waals surface area contributed by atoms with E-state index in [9.17, 15) is 9.59 Å². The molecule has 3 aromatic rings. The van der Waals surface area contributed by atoms with Crippen LogP contribution in [0.2, 0.25) is 0 Å². The number of carbonyl (C=O) groups excluding carboxylic acids is 2. The van der Waals surface area contributed by atoms with Gasteiger partial charge in [-0.05, 0) is 55.3 Å². The normalized spacial score (nSPS) is 18.4. The van der Waals surface area contributed by atoms with E-state index in [4.69, 9.17) is 10.1 Å². The largest absolute Gasteiger partial charge is 0.492 e. The summed E-state index contributed by atoms with van der Waals surface area (Å²) in [5.74, 6) is 0.315. The third kappa shape index (κ3) is 5.24. The lowest BCUT2D eigenvalue weighted by atomic mass is 10.1. The SMILES string of the molecule is N=C1/C(=C/c2cn(CCOc3ccccc3)c3ccccc23)C(=O)N=C2SC(CC(=O)N3CCCCC3)=NN12. The van der Waals surface area contributed by atoms with E-state index in [-0.39, 0.29) is 23.7 Å². The Bertz CT molecular complexity index is 1530. The lowest BCUT2D eigenvalue weighted by Crippen LogP contribution is -2.36. The Morgan fingerprint density at radius 3 is 2.64 bits per heavy atom. The summed E-state index contributed by atoms with van der Waals surface area (Å²) < 4.78 is 7.97. The summed E-state index contributed by atoms with van der Waals surface area (Å²) in [5, 5.41) is 16.4. The van der Waals surface area contributed by atoms with Gasteiger partial charge in [-0.2, -0.15) is 15.1 Å². The molecule has 1 fully saturated rings.